The molecule has 1 fully saturated rings. The van der Waals surface area contributed by atoms with E-state index < -0.39 is 23.1 Å². The number of urea groups is 1. The molecule has 0 aliphatic heterocycles. The normalized spacial score (nSPS) is 18.2. The molecule has 0 aromatic carbocycles. The van der Waals surface area contributed by atoms with Gasteiger partial charge in [0.25, 0.3) is 0 Å². The van der Waals surface area contributed by atoms with Crippen LogP contribution in [-0.4, -0.2) is 63.8 Å². The van der Waals surface area contributed by atoms with E-state index in [2.05, 4.69) is 0 Å². The van der Waals surface area contributed by atoms with E-state index in [4.69, 9.17) is 5.11 Å². The largest absolute Gasteiger partial charge is 0.480 e. The predicted octanol–water partition coefficient (Wildman–Crippen LogP) is 1.14. The smallest absolute Gasteiger partial charge is 0.329 e. The van der Waals surface area contributed by atoms with Crippen LogP contribution < -0.4 is 0 Å². The minimum absolute atomic E-state index is 0.242. The number of aliphatic carboxylic acids is 1. The van der Waals surface area contributed by atoms with E-state index in [1.807, 2.05) is 0 Å². The zero-order valence-corrected chi connectivity index (χ0v) is 12.1. The summed E-state index contributed by atoms with van der Waals surface area (Å²) in [5.41, 5.74) is -2.09. The summed E-state index contributed by atoms with van der Waals surface area (Å²) in [5, 5.41) is 19.4. The Hall–Kier alpha value is -1.30. The number of rotatable bonds is 4. The molecule has 0 heterocycles. The number of carbonyl (C=O) groups excluding carboxylic acids is 1. The highest BCUT2D eigenvalue weighted by Gasteiger charge is 2.39. The molecule has 2 N–H and O–H groups in total. The van der Waals surface area contributed by atoms with Gasteiger partial charge in [0.2, 0.25) is 0 Å². The Morgan fingerprint density at radius 1 is 1.21 bits per heavy atom. The molecule has 1 aliphatic rings. The lowest BCUT2D eigenvalue weighted by Crippen LogP contribution is -2.56. The van der Waals surface area contributed by atoms with Gasteiger partial charge in [0.15, 0.2) is 0 Å². The Morgan fingerprint density at radius 3 is 2.11 bits per heavy atom. The van der Waals surface area contributed by atoms with Gasteiger partial charge >= 0.3 is 12.0 Å². The minimum atomic E-state index is -1.27. The second-order valence-corrected chi connectivity index (χ2v) is 5.99. The Labute approximate surface area is 114 Å². The van der Waals surface area contributed by atoms with Gasteiger partial charge in [0.05, 0.1) is 12.1 Å². The monoisotopic (exact) mass is 272 g/mol. The van der Waals surface area contributed by atoms with Gasteiger partial charge in [-0.3, -0.25) is 0 Å². The second kappa shape index (κ2) is 5.36. The van der Waals surface area contributed by atoms with Crippen molar-refractivity contribution in [3.63, 3.8) is 0 Å². The van der Waals surface area contributed by atoms with Gasteiger partial charge in [0.1, 0.15) is 5.54 Å². The van der Waals surface area contributed by atoms with Gasteiger partial charge in [-0.1, -0.05) is 12.8 Å². The molecule has 0 atom stereocenters. The van der Waals surface area contributed by atoms with Crippen LogP contribution in [-0.2, 0) is 4.79 Å². The molecule has 0 aromatic rings. The number of hydrogen-bond donors (Lipinski definition) is 2. The number of amides is 2. The molecule has 1 saturated carbocycles. The van der Waals surface area contributed by atoms with Crippen LogP contribution >= 0.6 is 0 Å². The van der Waals surface area contributed by atoms with Crippen LogP contribution in [0.5, 0.6) is 0 Å². The lowest BCUT2D eigenvalue weighted by atomic mass is 10.0. The van der Waals surface area contributed by atoms with Crippen molar-refractivity contribution in [3.05, 3.63) is 0 Å². The van der Waals surface area contributed by atoms with E-state index in [1.54, 1.807) is 7.05 Å². The number of aliphatic hydroxyl groups is 1. The standard InChI is InChI=1S/C13H24N2O4/c1-12(2,10(16)17)15(4)11(18)14(3)9-13(19)7-5-6-8-13/h19H,5-9H2,1-4H3,(H,16,17). The van der Waals surface area contributed by atoms with Crippen LogP contribution in [0.2, 0.25) is 0 Å². The third-order valence-electron chi connectivity index (χ3n) is 4.04. The second-order valence-electron chi connectivity index (χ2n) is 5.99. The number of carbonyl (C=O) groups is 2. The zero-order valence-electron chi connectivity index (χ0n) is 12.1. The van der Waals surface area contributed by atoms with Gasteiger partial charge in [-0.2, -0.15) is 0 Å². The summed E-state index contributed by atoms with van der Waals surface area (Å²) in [6, 6.07) is -0.396. The fourth-order valence-corrected chi connectivity index (χ4v) is 2.34. The van der Waals surface area contributed by atoms with E-state index in [0.717, 1.165) is 12.8 Å². The summed E-state index contributed by atoms with van der Waals surface area (Å²) >= 11 is 0. The molecule has 0 aromatic heterocycles. The maximum atomic E-state index is 12.2. The molecular formula is C13H24N2O4. The highest BCUT2D eigenvalue weighted by atomic mass is 16.4. The lowest BCUT2D eigenvalue weighted by Gasteiger charge is -2.37. The maximum absolute atomic E-state index is 12.2. The maximum Gasteiger partial charge on any atom is 0.329 e. The van der Waals surface area contributed by atoms with E-state index in [1.165, 1.54) is 30.7 Å². The third kappa shape index (κ3) is 3.37. The predicted molar refractivity (Wildman–Crippen MR) is 70.9 cm³/mol. The van der Waals surface area contributed by atoms with Crippen LogP contribution in [0.3, 0.4) is 0 Å². The Kier molecular flexibility index (Phi) is 4.45. The highest BCUT2D eigenvalue weighted by molar-refractivity contribution is 5.85. The minimum Gasteiger partial charge on any atom is -0.480 e. The van der Waals surface area contributed by atoms with Crippen LogP contribution in [0.4, 0.5) is 4.79 Å². The van der Waals surface area contributed by atoms with Crippen molar-refractivity contribution in [3.8, 4) is 0 Å². The van der Waals surface area contributed by atoms with Gasteiger partial charge in [-0.05, 0) is 26.7 Å². The molecule has 1 aliphatic carbocycles. The average Bonchev–Trinajstić information content (AvgIpc) is 2.73. The molecule has 6 heteroatoms. The average molecular weight is 272 g/mol. The van der Waals surface area contributed by atoms with E-state index >= 15 is 0 Å². The molecule has 19 heavy (non-hydrogen) atoms. The van der Waals surface area contributed by atoms with Crippen molar-refractivity contribution >= 4 is 12.0 Å². The first-order valence-electron chi connectivity index (χ1n) is 6.55. The molecule has 0 spiro atoms. The van der Waals surface area contributed by atoms with Crippen LogP contribution in [0.25, 0.3) is 0 Å². The molecule has 0 bridgehead atoms. The van der Waals surface area contributed by atoms with Crippen molar-refractivity contribution in [1.29, 1.82) is 0 Å². The molecule has 0 unspecified atom stereocenters. The summed E-state index contributed by atoms with van der Waals surface area (Å²) in [6.45, 7) is 3.20. The molecule has 110 valence electrons. The van der Waals surface area contributed by atoms with Crippen molar-refractivity contribution < 1.29 is 19.8 Å². The summed E-state index contributed by atoms with van der Waals surface area (Å²) in [5.74, 6) is -1.06. The Bertz CT molecular complexity index is 362. The van der Waals surface area contributed by atoms with Crippen molar-refractivity contribution in [2.75, 3.05) is 20.6 Å². The van der Waals surface area contributed by atoms with E-state index in [0.29, 0.717) is 12.8 Å². The van der Waals surface area contributed by atoms with Gasteiger partial charge in [0, 0.05) is 14.1 Å². The van der Waals surface area contributed by atoms with Gasteiger partial charge < -0.3 is 20.0 Å². The van der Waals surface area contributed by atoms with E-state index in [-0.39, 0.29) is 6.54 Å². The Balaban J connectivity index is 2.69. The molecule has 0 saturated heterocycles. The fourth-order valence-electron chi connectivity index (χ4n) is 2.34. The quantitative estimate of drug-likeness (QED) is 0.804. The van der Waals surface area contributed by atoms with Gasteiger partial charge in [-0.25, -0.2) is 9.59 Å². The Morgan fingerprint density at radius 2 is 1.68 bits per heavy atom. The zero-order chi connectivity index (χ0) is 14.8. The summed E-state index contributed by atoms with van der Waals surface area (Å²) in [4.78, 5) is 25.9. The molecule has 6 nitrogen and oxygen atoms in total. The number of nitrogens with zero attached hydrogens (tertiary/aromatic N) is 2. The summed E-state index contributed by atoms with van der Waals surface area (Å²) < 4.78 is 0. The fraction of sp³-hybridized carbons (Fsp3) is 0.846. The van der Waals surface area contributed by atoms with Crippen molar-refractivity contribution in [1.82, 2.24) is 9.80 Å². The topological polar surface area (TPSA) is 81.1 Å². The lowest BCUT2D eigenvalue weighted by molar-refractivity contribution is -0.147. The first kappa shape index (κ1) is 15.8. The van der Waals surface area contributed by atoms with Crippen molar-refractivity contribution in [2.24, 2.45) is 0 Å². The number of carboxylic acid groups (broad SMARTS) is 1. The molecule has 0 radical (unpaired) electrons. The molecular weight excluding hydrogens is 248 g/mol. The summed E-state index contributed by atoms with van der Waals surface area (Å²) in [7, 11) is 3.05. The van der Waals surface area contributed by atoms with Crippen LogP contribution in [0, 0.1) is 0 Å². The van der Waals surface area contributed by atoms with Crippen molar-refractivity contribution in [2.45, 2.75) is 50.7 Å². The highest BCUT2D eigenvalue weighted by Crippen LogP contribution is 2.30. The summed E-state index contributed by atoms with van der Waals surface area (Å²) in [6.07, 6.45) is 3.32. The van der Waals surface area contributed by atoms with Crippen LogP contribution in [0.15, 0.2) is 0 Å². The number of carboxylic acids is 1. The van der Waals surface area contributed by atoms with Gasteiger partial charge in [-0.15, -0.1) is 0 Å². The third-order valence-corrected chi connectivity index (χ3v) is 4.04. The first-order valence-corrected chi connectivity index (χ1v) is 6.55. The number of likely N-dealkylation sites (N-methyl/N-ethyl adjacent to an activating group) is 2. The van der Waals surface area contributed by atoms with E-state index in [9.17, 15) is 14.7 Å². The molecule has 2 amide bonds. The molecule has 1 rings (SSSR count). The van der Waals surface area contributed by atoms with Crippen LogP contribution in [0.1, 0.15) is 39.5 Å². The number of hydrogen-bond acceptors (Lipinski definition) is 3. The first-order chi connectivity index (χ1) is 8.60. The SMILES string of the molecule is CN(CC1(O)CCCC1)C(=O)N(C)C(C)(C)C(=O)O.